The highest BCUT2D eigenvalue weighted by atomic mass is 16.5. The molecule has 0 aliphatic rings. The first-order valence-electron chi connectivity index (χ1n) is 14.4. The second-order valence-corrected chi connectivity index (χ2v) is 10.2. The molecule has 1 aromatic heterocycles. The van der Waals surface area contributed by atoms with E-state index < -0.39 is 0 Å². The molecule has 1 unspecified atom stereocenters. The number of hydrogen-bond acceptors (Lipinski definition) is 2. The van der Waals surface area contributed by atoms with Gasteiger partial charge in [0.25, 0.3) is 0 Å². The quantitative estimate of drug-likeness (QED) is 0.181. The fourth-order valence-electron chi connectivity index (χ4n) is 4.45. The molecule has 2 aromatic rings. The highest BCUT2D eigenvalue weighted by molar-refractivity contribution is 5.60. The van der Waals surface area contributed by atoms with Gasteiger partial charge in [-0.05, 0) is 61.1 Å². The maximum absolute atomic E-state index is 5.93. The molecule has 0 amide bonds. The van der Waals surface area contributed by atoms with Gasteiger partial charge in [0.15, 0.2) is 0 Å². The Bertz CT molecular complexity index is 722. The largest absolute Gasteiger partial charge is 0.494 e. The van der Waals surface area contributed by atoms with Crippen molar-refractivity contribution in [1.82, 2.24) is 4.98 Å². The summed E-state index contributed by atoms with van der Waals surface area (Å²) in [5, 5.41) is 0. The highest BCUT2D eigenvalue weighted by Crippen LogP contribution is 2.22. The zero-order valence-corrected chi connectivity index (χ0v) is 22.5. The molecule has 0 N–H and O–H groups in total. The molecule has 190 valence electrons. The second kappa shape index (κ2) is 18.5. The third-order valence-electron chi connectivity index (χ3n) is 7.10. The van der Waals surface area contributed by atoms with Crippen molar-refractivity contribution in [3.8, 4) is 17.0 Å². The first-order valence-corrected chi connectivity index (χ1v) is 14.4. The number of aryl methyl sites for hydroxylation is 1. The highest BCUT2D eigenvalue weighted by Gasteiger charge is 2.03. The number of ether oxygens (including phenoxy) is 1. The molecule has 2 nitrogen and oxygen atoms in total. The van der Waals surface area contributed by atoms with Crippen molar-refractivity contribution >= 4 is 0 Å². The molecule has 0 aliphatic heterocycles. The molecule has 0 fully saturated rings. The Morgan fingerprint density at radius 2 is 1.35 bits per heavy atom. The van der Waals surface area contributed by atoms with Gasteiger partial charge >= 0.3 is 0 Å². The standard InChI is InChI=1S/C32H51NO/c1-4-6-7-8-9-10-11-12-13-16-19-29-20-25-32(33-27-29)30-21-23-31(24-22-30)34-26-17-14-15-18-28(3)5-2/h20-25,27-28H,4-19,26H2,1-3H3. The Balaban J connectivity index is 1.58. The molecule has 0 saturated carbocycles. The zero-order valence-electron chi connectivity index (χ0n) is 22.5. The van der Waals surface area contributed by atoms with E-state index in [0.29, 0.717) is 0 Å². The van der Waals surface area contributed by atoms with Crippen LogP contribution in [0.2, 0.25) is 0 Å². The smallest absolute Gasteiger partial charge is 0.119 e. The molecular formula is C32H51NO. The Morgan fingerprint density at radius 3 is 1.97 bits per heavy atom. The van der Waals surface area contributed by atoms with Crippen LogP contribution < -0.4 is 4.74 Å². The molecule has 2 heteroatoms. The Kier molecular flexibility index (Phi) is 15.5. The van der Waals surface area contributed by atoms with E-state index >= 15 is 0 Å². The van der Waals surface area contributed by atoms with E-state index in [9.17, 15) is 0 Å². The zero-order chi connectivity index (χ0) is 24.3. The number of benzene rings is 1. The normalized spacial score (nSPS) is 12.1. The van der Waals surface area contributed by atoms with Gasteiger partial charge in [-0.2, -0.15) is 0 Å². The first-order chi connectivity index (χ1) is 16.7. The van der Waals surface area contributed by atoms with E-state index in [1.165, 1.54) is 95.5 Å². The van der Waals surface area contributed by atoms with Gasteiger partial charge in [0.1, 0.15) is 5.75 Å². The van der Waals surface area contributed by atoms with Crippen molar-refractivity contribution in [2.24, 2.45) is 5.92 Å². The summed E-state index contributed by atoms with van der Waals surface area (Å²) in [4.78, 5) is 4.72. The van der Waals surface area contributed by atoms with Gasteiger partial charge in [-0.1, -0.05) is 110 Å². The summed E-state index contributed by atoms with van der Waals surface area (Å²) in [6, 6.07) is 12.8. The maximum Gasteiger partial charge on any atom is 0.119 e. The molecule has 0 saturated heterocycles. The van der Waals surface area contributed by atoms with Crippen LogP contribution in [0.15, 0.2) is 42.6 Å². The lowest BCUT2D eigenvalue weighted by Gasteiger charge is -2.09. The molecule has 1 heterocycles. The van der Waals surface area contributed by atoms with Crippen LogP contribution in [0.3, 0.4) is 0 Å². The van der Waals surface area contributed by atoms with Crippen LogP contribution in [0.1, 0.15) is 123 Å². The van der Waals surface area contributed by atoms with Crippen LogP contribution in [0.5, 0.6) is 5.75 Å². The summed E-state index contributed by atoms with van der Waals surface area (Å²) in [6.07, 6.45) is 23.4. The van der Waals surface area contributed by atoms with Crippen molar-refractivity contribution in [2.45, 2.75) is 124 Å². The average molecular weight is 466 g/mol. The Labute approximate surface area is 210 Å². The summed E-state index contributed by atoms with van der Waals surface area (Å²) in [7, 11) is 0. The fraction of sp³-hybridized carbons (Fsp3) is 0.656. The van der Waals surface area contributed by atoms with Crippen molar-refractivity contribution in [2.75, 3.05) is 6.61 Å². The van der Waals surface area contributed by atoms with E-state index in [-0.39, 0.29) is 0 Å². The van der Waals surface area contributed by atoms with Gasteiger partial charge in [0.05, 0.1) is 12.3 Å². The maximum atomic E-state index is 5.93. The molecule has 1 atom stereocenters. The molecule has 0 aliphatic carbocycles. The molecule has 0 radical (unpaired) electrons. The lowest BCUT2D eigenvalue weighted by molar-refractivity contribution is 0.302. The van der Waals surface area contributed by atoms with E-state index in [2.05, 4.69) is 63.4 Å². The van der Waals surface area contributed by atoms with Gasteiger partial charge in [0, 0.05) is 11.8 Å². The number of aromatic nitrogens is 1. The predicted molar refractivity (Wildman–Crippen MR) is 149 cm³/mol. The third-order valence-corrected chi connectivity index (χ3v) is 7.10. The van der Waals surface area contributed by atoms with E-state index in [0.717, 1.165) is 42.4 Å². The minimum absolute atomic E-state index is 0.811. The number of hydrogen-bond donors (Lipinski definition) is 0. The summed E-state index contributed by atoms with van der Waals surface area (Å²) in [5.41, 5.74) is 3.56. The first kappa shape index (κ1) is 28.4. The lowest BCUT2D eigenvalue weighted by Crippen LogP contribution is -1.98. The van der Waals surface area contributed by atoms with E-state index in [1.807, 2.05) is 0 Å². The van der Waals surface area contributed by atoms with Gasteiger partial charge in [-0.25, -0.2) is 0 Å². The molecule has 0 bridgehead atoms. The number of nitrogens with zero attached hydrogens (tertiary/aromatic N) is 1. The fourth-order valence-corrected chi connectivity index (χ4v) is 4.45. The van der Waals surface area contributed by atoms with Crippen LogP contribution >= 0.6 is 0 Å². The van der Waals surface area contributed by atoms with E-state index in [4.69, 9.17) is 9.72 Å². The van der Waals surface area contributed by atoms with Crippen molar-refractivity contribution < 1.29 is 4.74 Å². The summed E-state index contributed by atoms with van der Waals surface area (Å²) in [6.45, 7) is 7.72. The van der Waals surface area contributed by atoms with Crippen LogP contribution in [0.25, 0.3) is 11.3 Å². The molecule has 0 spiro atoms. The van der Waals surface area contributed by atoms with Gasteiger partial charge in [0.2, 0.25) is 0 Å². The Hall–Kier alpha value is -1.83. The SMILES string of the molecule is CCCCCCCCCCCCc1ccc(-c2ccc(OCCCCCC(C)CC)cc2)nc1. The number of rotatable bonds is 20. The van der Waals surface area contributed by atoms with Crippen LogP contribution in [0.4, 0.5) is 0 Å². The van der Waals surface area contributed by atoms with Crippen LogP contribution in [-0.2, 0) is 6.42 Å². The third kappa shape index (κ3) is 12.6. The van der Waals surface area contributed by atoms with Gasteiger partial charge in [-0.15, -0.1) is 0 Å². The molecular weight excluding hydrogens is 414 g/mol. The second-order valence-electron chi connectivity index (χ2n) is 10.2. The van der Waals surface area contributed by atoms with Crippen molar-refractivity contribution in [1.29, 1.82) is 0 Å². The lowest BCUT2D eigenvalue weighted by atomic mass is 10.0. The topological polar surface area (TPSA) is 22.1 Å². The minimum atomic E-state index is 0.811. The minimum Gasteiger partial charge on any atom is -0.494 e. The Morgan fingerprint density at radius 1 is 0.706 bits per heavy atom. The predicted octanol–water partition coefficient (Wildman–Crippen LogP) is 10.2. The molecule has 1 aromatic carbocycles. The van der Waals surface area contributed by atoms with Crippen molar-refractivity contribution in [3.05, 3.63) is 48.2 Å². The van der Waals surface area contributed by atoms with Crippen LogP contribution in [-0.4, -0.2) is 11.6 Å². The monoisotopic (exact) mass is 465 g/mol. The van der Waals surface area contributed by atoms with Gasteiger partial charge in [-0.3, -0.25) is 4.98 Å². The van der Waals surface area contributed by atoms with Gasteiger partial charge < -0.3 is 4.74 Å². The summed E-state index contributed by atoms with van der Waals surface area (Å²) in [5.74, 6) is 1.82. The summed E-state index contributed by atoms with van der Waals surface area (Å²) < 4.78 is 5.93. The number of pyridine rings is 1. The average Bonchev–Trinajstić information content (AvgIpc) is 2.88. The van der Waals surface area contributed by atoms with E-state index in [1.54, 1.807) is 0 Å². The molecule has 34 heavy (non-hydrogen) atoms. The van der Waals surface area contributed by atoms with Crippen molar-refractivity contribution in [3.63, 3.8) is 0 Å². The molecule has 2 rings (SSSR count). The van der Waals surface area contributed by atoms with Crippen LogP contribution in [0, 0.1) is 5.92 Å². The summed E-state index contributed by atoms with van der Waals surface area (Å²) >= 11 is 0. The number of unbranched alkanes of at least 4 members (excludes halogenated alkanes) is 11.